The molecule has 0 saturated carbocycles. The summed E-state index contributed by atoms with van der Waals surface area (Å²) in [5, 5.41) is 3.15. The predicted octanol–water partition coefficient (Wildman–Crippen LogP) is 4.37. The van der Waals surface area contributed by atoms with Crippen molar-refractivity contribution < 1.29 is 13.9 Å². The Morgan fingerprint density at radius 3 is 2.45 bits per heavy atom. The van der Waals surface area contributed by atoms with E-state index in [1.54, 1.807) is 13.2 Å². The van der Waals surface area contributed by atoms with Crippen LogP contribution in [0.15, 0.2) is 42.5 Å². The number of hydrogen-bond acceptors (Lipinski definition) is 3. The van der Waals surface area contributed by atoms with Crippen LogP contribution in [0.2, 0.25) is 0 Å². The fraction of sp³-hybridized carbons (Fsp3) is 0.250. The molecule has 0 aliphatic rings. The molecular formula is C16H18FNO2. The summed E-state index contributed by atoms with van der Waals surface area (Å²) in [4.78, 5) is 0. The molecule has 0 aromatic heterocycles. The van der Waals surface area contributed by atoms with Crippen LogP contribution in [0.5, 0.6) is 11.5 Å². The van der Waals surface area contributed by atoms with E-state index < -0.39 is 0 Å². The van der Waals surface area contributed by atoms with Gasteiger partial charge < -0.3 is 14.8 Å². The second kappa shape index (κ2) is 6.28. The van der Waals surface area contributed by atoms with E-state index in [2.05, 4.69) is 5.32 Å². The van der Waals surface area contributed by atoms with Crippen molar-refractivity contribution in [1.29, 1.82) is 0 Å². The second-order valence-corrected chi connectivity index (χ2v) is 4.63. The number of halogens is 1. The summed E-state index contributed by atoms with van der Waals surface area (Å²) in [6.45, 7) is 3.92. The van der Waals surface area contributed by atoms with E-state index in [0.717, 1.165) is 5.69 Å². The van der Waals surface area contributed by atoms with E-state index in [0.29, 0.717) is 17.2 Å². The van der Waals surface area contributed by atoms with Crippen molar-refractivity contribution in [3.05, 3.63) is 48.3 Å². The standard InChI is InChI=1S/C16H18FNO2/c1-11(2)20-16-7-5-4-6-13(16)18-14-10-12(17)8-9-15(14)19-3/h4-11,18H,1-3H3. The van der Waals surface area contributed by atoms with Gasteiger partial charge in [0.2, 0.25) is 0 Å². The van der Waals surface area contributed by atoms with Crippen LogP contribution in [0, 0.1) is 5.82 Å². The number of benzene rings is 2. The van der Waals surface area contributed by atoms with Gasteiger partial charge in [0.1, 0.15) is 17.3 Å². The van der Waals surface area contributed by atoms with Crippen molar-refractivity contribution in [2.45, 2.75) is 20.0 Å². The van der Waals surface area contributed by atoms with Crippen LogP contribution in [0.25, 0.3) is 0 Å². The number of methoxy groups -OCH3 is 1. The quantitative estimate of drug-likeness (QED) is 0.879. The number of anilines is 2. The molecule has 0 atom stereocenters. The third-order valence-corrected chi connectivity index (χ3v) is 2.68. The maximum absolute atomic E-state index is 13.4. The fourth-order valence-electron chi connectivity index (χ4n) is 1.85. The van der Waals surface area contributed by atoms with Gasteiger partial charge in [0.25, 0.3) is 0 Å². The molecule has 3 nitrogen and oxygen atoms in total. The Labute approximate surface area is 118 Å². The minimum absolute atomic E-state index is 0.0624. The largest absolute Gasteiger partial charge is 0.495 e. The van der Waals surface area contributed by atoms with Gasteiger partial charge in [-0.3, -0.25) is 0 Å². The first-order valence-corrected chi connectivity index (χ1v) is 6.46. The summed E-state index contributed by atoms with van der Waals surface area (Å²) in [5.74, 6) is 0.968. The van der Waals surface area contributed by atoms with E-state index in [1.807, 2.05) is 38.1 Å². The van der Waals surface area contributed by atoms with Gasteiger partial charge in [-0.2, -0.15) is 0 Å². The van der Waals surface area contributed by atoms with Crippen LogP contribution in [0.3, 0.4) is 0 Å². The lowest BCUT2D eigenvalue weighted by atomic mass is 10.2. The SMILES string of the molecule is COc1ccc(F)cc1Nc1ccccc1OC(C)C. The molecule has 0 aliphatic carbocycles. The Kier molecular flexibility index (Phi) is 4.45. The molecule has 0 saturated heterocycles. The number of para-hydroxylation sites is 2. The molecule has 0 amide bonds. The number of hydrogen-bond donors (Lipinski definition) is 1. The van der Waals surface area contributed by atoms with Crippen LogP contribution in [0.4, 0.5) is 15.8 Å². The minimum atomic E-state index is -0.324. The van der Waals surface area contributed by atoms with E-state index in [-0.39, 0.29) is 11.9 Å². The zero-order valence-corrected chi connectivity index (χ0v) is 11.8. The average Bonchev–Trinajstić information content (AvgIpc) is 2.41. The summed E-state index contributed by atoms with van der Waals surface area (Å²) in [6.07, 6.45) is 0.0624. The highest BCUT2D eigenvalue weighted by molar-refractivity contribution is 5.70. The van der Waals surface area contributed by atoms with E-state index >= 15 is 0 Å². The summed E-state index contributed by atoms with van der Waals surface area (Å²) < 4.78 is 24.3. The van der Waals surface area contributed by atoms with E-state index in [9.17, 15) is 4.39 Å². The number of ether oxygens (including phenoxy) is 2. The van der Waals surface area contributed by atoms with Crippen molar-refractivity contribution in [1.82, 2.24) is 0 Å². The summed E-state index contributed by atoms with van der Waals surface area (Å²) in [5.41, 5.74) is 1.33. The second-order valence-electron chi connectivity index (χ2n) is 4.63. The van der Waals surface area contributed by atoms with E-state index in [1.165, 1.54) is 12.1 Å². The molecular weight excluding hydrogens is 257 g/mol. The molecule has 2 aromatic carbocycles. The monoisotopic (exact) mass is 275 g/mol. The molecule has 2 aromatic rings. The number of rotatable bonds is 5. The van der Waals surface area contributed by atoms with Crippen molar-refractivity contribution in [2.24, 2.45) is 0 Å². The fourth-order valence-corrected chi connectivity index (χ4v) is 1.85. The highest BCUT2D eigenvalue weighted by Gasteiger charge is 2.09. The molecule has 0 bridgehead atoms. The molecule has 2 rings (SSSR count). The predicted molar refractivity (Wildman–Crippen MR) is 78.4 cm³/mol. The molecule has 20 heavy (non-hydrogen) atoms. The molecule has 0 unspecified atom stereocenters. The van der Waals surface area contributed by atoms with Gasteiger partial charge in [0, 0.05) is 6.07 Å². The first-order chi connectivity index (χ1) is 9.60. The van der Waals surface area contributed by atoms with Crippen molar-refractivity contribution in [3.63, 3.8) is 0 Å². The van der Waals surface area contributed by atoms with Gasteiger partial charge >= 0.3 is 0 Å². The molecule has 0 heterocycles. The Morgan fingerprint density at radius 2 is 1.75 bits per heavy atom. The van der Waals surface area contributed by atoms with Gasteiger partial charge in [0.05, 0.1) is 24.6 Å². The summed E-state index contributed by atoms with van der Waals surface area (Å²) in [7, 11) is 1.55. The number of nitrogens with one attached hydrogen (secondary N) is 1. The Morgan fingerprint density at radius 1 is 1.00 bits per heavy atom. The maximum atomic E-state index is 13.4. The molecule has 0 spiro atoms. The van der Waals surface area contributed by atoms with Crippen molar-refractivity contribution in [2.75, 3.05) is 12.4 Å². The maximum Gasteiger partial charge on any atom is 0.143 e. The zero-order valence-electron chi connectivity index (χ0n) is 11.8. The smallest absolute Gasteiger partial charge is 0.143 e. The van der Waals surface area contributed by atoms with Gasteiger partial charge in [-0.05, 0) is 38.1 Å². The lowest BCUT2D eigenvalue weighted by Crippen LogP contribution is -2.07. The van der Waals surface area contributed by atoms with Crippen LogP contribution < -0.4 is 14.8 Å². The lowest BCUT2D eigenvalue weighted by Gasteiger charge is -2.16. The van der Waals surface area contributed by atoms with Crippen LogP contribution in [-0.4, -0.2) is 13.2 Å². The lowest BCUT2D eigenvalue weighted by molar-refractivity contribution is 0.244. The van der Waals surface area contributed by atoms with Gasteiger partial charge in [-0.15, -0.1) is 0 Å². The molecule has 0 radical (unpaired) electrons. The van der Waals surface area contributed by atoms with Crippen LogP contribution >= 0.6 is 0 Å². The zero-order chi connectivity index (χ0) is 14.5. The normalized spacial score (nSPS) is 10.4. The summed E-state index contributed by atoms with van der Waals surface area (Å²) >= 11 is 0. The van der Waals surface area contributed by atoms with Crippen LogP contribution in [-0.2, 0) is 0 Å². The molecule has 106 valence electrons. The Balaban J connectivity index is 2.32. The third kappa shape index (κ3) is 3.41. The molecule has 0 fully saturated rings. The topological polar surface area (TPSA) is 30.5 Å². The Bertz CT molecular complexity index is 584. The van der Waals surface area contributed by atoms with Crippen molar-refractivity contribution >= 4 is 11.4 Å². The molecule has 1 N–H and O–H groups in total. The van der Waals surface area contributed by atoms with Gasteiger partial charge in [-0.1, -0.05) is 12.1 Å². The highest BCUT2D eigenvalue weighted by Crippen LogP contribution is 2.33. The first-order valence-electron chi connectivity index (χ1n) is 6.46. The molecule has 4 heteroatoms. The Hall–Kier alpha value is -2.23. The van der Waals surface area contributed by atoms with Crippen LogP contribution in [0.1, 0.15) is 13.8 Å². The van der Waals surface area contributed by atoms with E-state index in [4.69, 9.17) is 9.47 Å². The van der Waals surface area contributed by atoms with Gasteiger partial charge in [-0.25, -0.2) is 4.39 Å². The third-order valence-electron chi connectivity index (χ3n) is 2.68. The van der Waals surface area contributed by atoms with Crippen molar-refractivity contribution in [3.8, 4) is 11.5 Å². The highest BCUT2D eigenvalue weighted by atomic mass is 19.1. The average molecular weight is 275 g/mol. The summed E-state index contributed by atoms with van der Waals surface area (Å²) in [6, 6.07) is 11.9. The first kappa shape index (κ1) is 14.2. The van der Waals surface area contributed by atoms with Gasteiger partial charge in [0.15, 0.2) is 0 Å². The minimum Gasteiger partial charge on any atom is -0.495 e. The molecule has 0 aliphatic heterocycles.